The van der Waals surface area contributed by atoms with Gasteiger partial charge in [0.15, 0.2) is 0 Å². The molecule has 0 aliphatic rings. The van der Waals surface area contributed by atoms with Crippen molar-refractivity contribution in [2.24, 2.45) is 0 Å². The third-order valence-corrected chi connectivity index (χ3v) is 3.97. The van der Waals surface area contributed by atoms with Crippen LogP contribution in [0.2, 0.25) is 0 Å². The summed E-state index contributed by atoms with van der Waals surface area (Å²) in [6, 6.07) is 12.9. The highest BCUT2D eigenvalue weighted by molar-refractivity contribution is 14.1. The van der Waals surface area contributed by atoms with E-state index in [4.69, 9.17) is 4.74 Å². The molecule has 0 radical (unpaired) electrons. The van der Waals surface area contributed by atoms with Gasteiger partial charge in [-0.1, -0.05) is 22.0 Å². The average Bonchev–Trinajstić information content (AvgIpc) is 2.42. The normalized spacial score (nSPS) is 10.2. The molecule has 2 aromatic carbocycles. The van der Waals surface area contributed by atoms with E-state index in [9.17, 15) is 4.79 Å². The molecule has 0 bridgehead atoms. The van der Waals surface area contributed by atoms with Crippen LogP contribution >= 0.6 is 38.5 Å². The summed E-state index contributed by atoms with van der Waals surface area (Å²) < 4.78 is 7.36. The lowest BCUT2D eigenvalue weighted by Gasteiger charge is -2.09. The number of nitrogens with one attached hydrogen (secondary N) is 1. The number of ether oxygens (including phenoxy) is 1. The first-order valence-electron chi connectivity index (χ1n) is 6.09. The summed E-state index contributed by atoms with van der Waals surface area (Å²) in [5.41, 5.74) is 1.37. The minimum absolute atomic E-state index is 0.146. The second-order valence-electron chi connectivity index (χ2n) is 4.04. The molecule has 20 heavy (non-hydrogen) atoms. The fourth-order valence-corrected chi connectivity index (χ4v) is 3.12. The Balaban J connectivity index is 2.17. The van der Waals surface area contributed by atoms with Crippen molar-refractivity contribution >= 4 is 50.1 Å². The first-order valence-corrected chi connectivity index (χ1v) is 7.96. The van der Waals surface area contributed by atoms with Crippen LogP contribution in [0.25, 0.3) is 0 Å². The average molecular weight is 446 g/mol. The highest BCUT2D eigenvalue weighted by Crippen LogP contribution is 2.23. The van der Waals surface area contributed by atoms with Crippen molar-refractivity contribution in [3.63, 3.8) is 0 Å². The van der Waals surface area contributed by atoms with E-state index in [-0.39, 0.29) is 5.91 Å². The summed E-state index contributed by atoms with van der Waals surface area (Å²) in [7, 11) is 0. The molecule has 0 aliphatic carbocycles. The zero-order valence-electron chi connectivity index (χ0n) is 10.8. The fraction of sp³-hybridized carbons (Fsp3) is 0.133. The van der Waals surface area contributed by atoms with Crippen LogP contribution in [0.15, 0.2) is 46.9 Å². The van der Waals surface area contributed by atoms with Gasteiger partial charge >= 0.3 is 0 Å². The SMILES string of the molecule is CCOc1cccc(C(=O)Nc2ccc(Br)cc2I)c1. The van der Waals surface area contributed by atoms with Crippen molar-refractivity contribution in [2.75, 3.05) is 11.9 Å². The Morgan fingerprint density at radius 2 is 2.10 bits per heavy atom. The molecule has 1 amide bonds. The number of amides is 1. The smallest absolute Gasteiger partial charge is 0.255 e. The van der Waals surface area contributed by atoms with Crippen LogP contribution in [0, 0.1) is 3.57 Å². The Hall–Kier alpha value is -1.08. The summed E-state index contributed by atoms with van der Waals surface area (Å²) in [6.45, 7) is 2.49. The van der Waals surface area contributed by atoms with Gasteiger partial charge < -0.3 is 10.1 Å². The van der Waals surface area contributed by atoms with Crippen molar-refractivity contribution in [1.29, 1.82) is 0 Å². The summed E-state index contributed by atoms with van der Waals surface area (Å²) in [5.74, 6) is 0.553. The molecule has 1 N–H and O–H groups in total. The number of rotatable bonds is 4. The Morgan fingerprint density at radius 3 is 2.80 bits per heavy atom. The largest absolute Gasteiger partial charge is 0.494 e. The molecule has 0 spiro atoms. The zero-order valence-corrected chi connectivity index (χ0v) is 14.6. The molecular formula is C15H13BrINO2. The number of hydrogen-bond donors (Lipinski definition) is 1. The van der Waals surface area contributed by atoms with Crippen molar-refractivity contribution in [2.45, 2.75) is 6.92 Å². The molecule has 2 aromatic rings. The lowest BCUT2D eigenvalue weighted by Crippen LogP contribution is -2.12. The van der Waals surface area contributed by atoms with Gasteiger partial charge in [0.2, 0.25) is 0 Å². The van der Waals surface area contributed by atoms with Crippen LogP contribution in [0.1, 0.15) is 17.3 Å². The molecule has 2 rings (SSSR count). The van der Waals surface area contributed by atoms with Gasteiger partial charge in [-0.2, -0.15) is 0 Å². The van der Waals surface area contributed by atoms with E-state index in [1.54, 1.807) is 12.1 Å². The van der Waals surface area contributed by atoms with Gasteiger partial charge in [0.1, 0.15) is 5.75 Å². The summed E-state index contributed by atoms with van der Waals surface area (Å²) in [6.07, 6.45) is 0. The first-order chi connectivity index (χ1) is 9.60. The van der Waals surface area contributed by atoms with Gasteiger partial charge in [0.25, 0.3) is 5.91 Å². The molecule has 0 aromatic heterocycles. The van der Waals surface area contributed by atoms with E-state index in [0.29, 0.717) is 17.9 Å². The zero-order chi connectivity index (χ0) is 14.5. The maximum atomic E-state index is 12.2. The molecular weight excluding hydrogens is 433 g/mol. The van der Waals surface area contributed by atoms with Crippen LogP contribution in [0.4, 0.5) is 5.69 Å². The van der Waals surface area contributed by atoms with Crippen molar-refractivity contribution in [3.8, 4) is 5.75 Å². The van der Waals surface area contributed by atoms with Gasteiger partial charge in [0, 0.05) is 13.6 Å². The number of carbonyl (C=O) groups is 1. The van der Waals surface area contributed by atoms with E-state index < -0.39 is 0 Å². The van der Waals surface area contributed by atoms with E-state index in [2.05, 4.69) is 43.8 Å². The van der Waals surface area contributed by atoms with Gasteiger partial charge in [0.05, 0.1) is 12.3 Å². The number of anilines is 1. The van der Waals surface area contributed by atoms with Gasteiger partial charge in [-0.15, -0.1) is 0 Å². The maximum Gasteiger partial charge on any atom is 0.255 e. The topological polar surface area (TPSA) is 38.3 Å². The second kappa shape index (κ2) is 7.08. The van der Waals surface area contributed by atoms with Crippen LogP contribution in [0.5, 0.6) is 5.75 Å². The predicted molar refractivity (Wildman–Crippen MR) is 92.4 cm³/mol. The van der Waals surface area contributed by atoms with Crippen LogP contribution in [0.3, 0.4) is 0 Å². The molecule has 0 saturated carbocycles. The summed E-state index contributed by atoms with van der Waals surface area (Å²) >= 11 is 5.59. The van der Waals surface area contributed by atoms with E-state index in [0.717, 1.165) is 13.7 Å². The number of benzene rings is 2. The number of hydrogen-bond acceptors (Lipinski definition) is 2. The summed E-state index contributed by atoms with van der Waals surface area (Å²) in [4.78, 5) is 12.2. The monoisotopic (exact) mass is 445 g/mol. The van der Waals surface area contributed by atoms with E-state index >= 15 is 0 Å². The molecule has 5 heteroatoms. The van der Waals surface area contributed by atoms with Crippen molar-refractivity contribution in [1.82, 2.24) is 0 Å². The molecule has 104 valence electrons. The quantitative estimate of drug-likeness (QED) is 0.692. The predicted octanol–water partition coefficient (Wildman–Crippen LogP) is 4.70. The molecule has 0 fully saturated rings. The minimum Gasteiger partial charge on any atom is -0.494 e. The van der Waals surface area contributed by atoms with Gasteiger partial charge in [-0.3, -0.25) is 4.79 Å². The van der Waals surface area contributed by atoms with Crippen LogP contribution < -0.4 is 10.1 Å². The fourth-order valence-electron chi connectivity index (χ4n) is 1.68. The number of halogens is 2. The van der Waals surface area contributed by atoms with Gasteiger partial charge in [-0.05, 0) is 65.9 Å². The third kappa shape index (κ3) is 3.96. The Bertz CT molecular complexity index is 631. The molecule has 0 atom stereocenters. The Labute approximate surface area is 140 Å². The second-order valence-corrected chi connectivity index (χ2v) is 6.12. The Kier molecular flexibility index (Phi) is 5.42. The van der Waals surface area contributed by atoms with E-state index in [1.165, 1.54) is 0 Å². The molecule has 3 nitrogen and oxygen atoms in total. The maximum absolute atomic E-state index is 12.2. The van der Waals surface area contributed by atoms with Gasteiger partial charge in [-0.25, -0.2) is 0 Å². The molecule has 0 saturated heterocycles. The Morgan fingerprint density at radius 1 is 1.30 bits per heavy atom. The molecule has 0 heterocycles. The van der Waals surface area contributed by atoms with Crippen LogP contribution in [-0.4, -0.2) is 12.5 Å². The molecule has 0 aliphatic heterocycles. The third-order valence-electron chi connectivity index (χ3n) is 2.59. The lowest BCUT2D eigenvalue weighted by molar-refractivity contribution is 0.102. The highest BCUT2D eigenvalue weighted by Gasteiger charge is 2.09. The first kappa shape index (κ1) is 15.3. The molecule has 0 unspecified atom stereocenters. The van der Waals surface area contributed by atoms with Crippen molar-refractivity contribution in [3.05, 3.63) is 56.1 Å². The van der Waals surface area contributed by atoms with Crippen LogP contribution in [-0.2, 0) is 0 Å². The van der Waals surface area contributed by atoms with Crippen molar-refractivity contribution < 1.29 is 9.53 Å². The van der Waals surface area contributed by atoms with E-state index in [1.807, 2.05) is 37.3 Å². The minimum atomic E-state index is -0.146. The number of carbonyl (C=O) groups excluding carboxylic acids is 1. The lowest BCUT2D eigenvalue weighted by atomic mass is 10.2. The highest BCUT2D eigenvalue weighted by atomic mass is 127. The standard InChI is InChI=1S/C15H13BrINO2/c1-2-20-12-5-3-4-10(8-12)15(19)18-14-7-6-11(16)9-13(14)17/h3-9H,2H2,1H3,(H,18,19). The summed E-state index contributed by atoms with van der Waals surface area (Å²) in [5, 5.41) is 2.90.